The number of benzene rings is 1. The minimum atomic E-state index is -0.198. The molecule has 2 N–H and O–H groups in total. The van der Waals surface area contributed by atoms with Crippen molar-refractivity contribution in [2.45, 2.75) is 46.4 Å². The predicted molar refractivity (Wildman–Crippen MR) is 122 cm³/mol. The predicted octanol–water partition coefficient (Wildman–Crippen LogP) is 2.59. The molecule has 0 spiro atoms. The average Bonchev–Trinajstić information content (AvgIpc) is 3.16. The molecule has 2 heterocycles. The molecule has 0 aliphatic carbocycles. The summed E-state index contributed by atoms with van der Waals surface area (Å²) in [5.74, 6) is -0.198. The maximum atomic E-state index is 12.9. The molecule has 2 aromatic heterocycles. The Kier molecular flexibility index (Phi) is 7.65. The molecule has 0 fully saturated rings. The van der Waals surface area contributed by atoms with Gasteiger partial charge in [-0.2, -0.15) is 5.10 Å². The maximum absolute atomic E-state index is 12.9. The quantitative estimate of drug-likeness (QED) is 0.534. The van der Waals surface area contributed by atoms with Crippen molar-refractivity contribution in [2.75, 3.05) is 7.05 Å². The van der Waals surface area contributed by atoms with E-state index in [0.717, 1.165) is 22.3 Å². The van der Waals surface area contributed by atoms with Crippen molar-refractivity contribution in [2.24, 2.45) is 0 Å². The second-order valence-corrected chi connectivity index (χ2v) is 8.09. The third kappa shape index (κ3) is 6.06. The van der Waals surface area contributed by atoms with Gasteiger partial charge >= 0.3 is 0 Å². The fourth-order valence-electron chi connectivity index (χ4n) is 3.44. The van der Waals surface area contributed by atoms with Crippen LogP contribution in [-0.4, -0.2) is 27.3 Å². The Morgan fingerprint density at radius 3 is 2.65 bits per heavy atom. The van der Waals surface area contributed by atoms with Crippen LogP contribution in [0.4, 0.5) is 0 Å². The van der Waals surface area contributed by atoms with E-state index in [0.29, 0.717) is 36.8 Å². The van der Waals surface area contributed by atoms with Gasteiger partial charge in [0, 0.05) is 42.6 Å². The fourth-order valence-corrected chi connectivity index (χ4v) is 3.64. The molecule has 1 amide bonds. The molecule has 0 aliphatic heterocycles. The summed E-state index contributed by atoms with van der Waals surface area (Å²) < 4.78 is 3.44. The van der Waals surface area contributed by atoms with Gasteiger partial charge in [0.15, 0.2) is 0 Å². The first-order valence-corrected chi connectivity index (χ1v) is 10.6. The van der Waals surface area contributed by atoms with Gasteiger partial charge in [0.1, 0.15) is 0 Å². The summed E-state index contributed by atoms with van der Waals surface area (Å²) in [4.78, 5) is 25.6. The van der Waals surface area contributed by atoms with Crippen molar-refractivity contribution < 1.29 is 4.79 Å². The van der Waals surface area contributed by atoms with Gasteiger partial charge in [-0.15, -0.1) is 0 Å². The molecule has 31 heavy (non-hydrogen) atoms. The number of nitrogens with one attached hydrogen (secondary N) is 2. The number of amides is 1. The summed E-state index contributed by atoms with van der Waals surface area (Å²) in [6.45, 7) is 5.95. The Hall–Kier alpha value is -2.90. The van der Waals surface area contributed by atoms with Gasteiger partial charge in [-0.1, -0.05) is 17.7 Å². The average molecular weight is 442 g/mol. The highest BCUT2D eigenvalue weighted by atomic mass is 35.5. The number of aryl methyl sites for hydroxylation is 4. The van der Waals surface area contributed by atoms with Gasteiger partial charge < -0.3 is 15.2 Å². The molecular formula is C23H28ClN5O2. The smallest absolute Gasteiger partial charge is 0.254 e. The molecule has 3 rings (SSSR count). The summed E-state index contributed by atoms with van der Waals surface area (Å²) >= 11 is 6.11. The lowest BCUT2D eigenvalue weighted by Gasteiger charge is -2.13. The minimum Gasteiger partial charge on any atom is -0.352 e. The third-order valence-electron chi connectivity index (χ3n) is 5.18. The lowest BCUT2D eigenvalue weighted by Crippen LogP contribution is -2.31. The van der Waals surface area contributed by atoms with Crippen molar-refractivity contribution in [3.05, 3.63) is 86.0 Å². The summed E-state index contributed by atoms with van der Waals surface area (Å²) in [5, 5.41) is 10.9. The first kappa shape index (κ1) is 22.8. The van der Waals surface area contributed by atoms with E-state index < -0.39 is 0 Å². The van der Waals surface area contributed by atoms with Crippen molar-refractivity contribution in [1.29, 1.82) is 0 Å². The number of halogens is 1. The van der Waals surface area contributed by atoms with E-state index in [2.05, 4.69) is 15.7 Å². The van der Waals surface area contributed by atoms with Crippen LogP contribution in [0.25, 0.3) is 0 Å². The lowest BCUT2D eigenvalue weighted by atomic mass is 10.1. The normalized spacial score (nSPS) is 11.0. The topological polar surface area (TPSA) is 80.9 Å². The highest BCUT2D eigenvalue weighted by Crippen LogP contribution is 2.16. The molecular weight excluding hydrogens is 414 g/mol. The van der Waals surface area contributed by atoms with E-state index >= 15 is 0 Å². The molecule has 0 aliphatic rings. The first-order valence-electron chi connectivity index (χ1n) is 10.2. The Morgan fingerprint density at radius 2 is 1.94 bits per heavy atom. The second kappa shape index (κ2) is 10.4. The van der Waals surface area contributed by atoms with Crippen LogP contribution < -0.4 is 16.2 Å². The van der Waals surface area contributed by atoms with Crippen LogP contribution in [0.15, 0.2) is 47.7 Å². The number of rotatable bonds is 9. The molecule has 1 aromatic carbocycles. The van der Waals surface area contributed by atoms with E-state index in [-0.39, 0.29) is 17.9 Å². The van der Waals surface area contributed by atoms with Crippen LogP contribution in [0.5, 0.6) is 0 Å². The monoisotopic (exact) mass is 441 g/mol. The Bertz CT molecular complexity index is 1120. The van der Waals surface area contributed by atoms with Gasteiger partial charge in [-0.05, 0) is 61.3 Å². The van der Waals surface area contributed by atoms with E-state index in [1.54, 1.807) is 17.0 Å². The zero-order chi connectivity index (χ0) is 22.4. The van der Waals surface area contributed by atoms with E-state index in [9.17, 15) is 9.59 Å². The number of hydrogen-bond acceptors (Lipinski definition) is 4. The van der Waals surface area contributed by atoms with E-state index in [1.807, 2.05) is 56.0 Å². The second-order valence-electron chi connectivity index (χ2n) is 7.65. The van der Waals surface area contributed by atoms with Gasteiger partial charge in [-0.25, -0.2) is 0 Å². The molecule has 0 saturated carbocycles. The van der Waals surface area contributed by atoms with Gasteiger partial charge in [0.25, 0.3) is 5.56 Å². The molecule has 0 bridgehead atoms. The first-order chi connectivity index (χ1) is 14.9. The molecule has 0 unspecified atom stereocenters. The number of aromatic nitrogens is 3. The van der Waals surface area contributed by atoms with Gasteiger partial charge in [-0.3, -0.25) is 14.3 Å². The van der Waals surface area contributed by atoms with Crippen molar-refractivity contribution in [3.8, 4) is 0 Å². The summed E-state index contributed by atoms with van der Waals surface area (Å²) in [6, 6.07) is 7.51. The van der Waals surface area contributed by atoms with Crippen molar-refractivity contribution in [3.63, 3.8) is 0 Å². The molecule has 0 saturated heterocycles. The van der Waals surface area contributed by atoms with E-state index in [4.69, 9.17) is 11.6 Å². The Morgan fingerprint density at radius 1 is 1.13 bits per heavy atom. The highest BCUT2D eigenvalue weighted by molar-refractivity contribution is 6.30. The summed E-state index contributed by atoms with van der Waals surface area (Å²) in [7, 11) is 1.87. The van der Waals surface area contributed by atoms with Crippen LogP contribution in [0.2, 0.25) is 5.02 Å². The highest BCUT2D eigenvalue weighted by Gasteiger charge is 2.13. The maximum Gasteiger partial charge on any atom is 0.254 e. The van der Waals surface area contributed by atoms with Crippen LogP contribution >= 0.6 is 11.6 Å². The lowest BCUT2D eigenvalue weighted by molar-refractivity contribution is -0.120. The van der Waals surface area contributed by atoms with Gasteiger partial charge in [0.2, 0.25) is 5.91 Å². The van der Waals surface area contributed by atoms with Gasteiger partial charge in [0.05, 0.1) is 19.2 Å². The van der Waals surface area contributed by atoms with Crippen LogP contribution in [0.1, 0.15) is 27.8 Å². The minimum absolute atomic E-state index is 0.0360. The Labute approximate surface area is 187 Å². The van der Waals surface area contributed by atoms with E-state index in [1.165, 1.54) is 0 Å². The number of carbonyl (C=O) groups excluding carboxylic acids is 1. The van der Waals surface area contributed by atoms with Crippen LogP contribution in [0, 0.1) is 13.8 Å². The van der Waals surface area contributed by atoms with Crippen LogP contribution in [-0.2, 0) is 37.4 Å². The summed E-state index contributed by atoms with van der Waals surface area (Å²) in [5.41, 5.74) is 4.28. The molecule has 0 radical (unpaired) electrons. The number of nitrogens with zero attached hydrogens (tertiary/aromatic N) is 3. The van der Waals surface area contributed by atoms with Crippen molar-refractivity contribution in [1.82, 2.24) is 25.0 Å². The molecule has 8 heteroatoms. The third-order valence-corrected chi connectivity index (χ3v) is 5.42. The number of carbonyl (C=O) groups is 1. The standard InChI is InChI=1S/C23H28ClN5O2/c1-16-12-27-29(15-16)9-8-28-7-6-17(2)21(23(28)31)11-22(30)26-14-19-10-20(24)5-4-18(19)13-25-3/h4-7,10,12,15,25H,8-9,11,13-14H2,1-3H3,(H,26,30). The van der Waals surface area contributed by atoms with Crippen LogP contribution in [0.3, 0.4) is 0 Å². The molecule has 3 aromatic rings. The number of hydrogen-bond donors (Lipinski definition) is 2. The molecule has 164 valence electrons. The molecule has 7 nitrogen and oxygen atoms in total. The van der Waals surface area contributed by atoms with Crippen molar-refractivity contribution >= 4 is 17.5 Å². The Balaban J connectivity index is 1.67. The molecule has 0 atom stereocenters. The number of pyridine rings is 1. The summed E-state index contributed by atoms with van der Waals surface area (Å²) in [6.07, 6.45) is 5.53. The fraction of sp³-hybridized carbons (Fsp3) is 0.348. The largest absolute Gasteiger partial charge is 0.352 e. The SMILES string of the molecule is CNCc1ccc(Cl)cc1CNC(=O)Cc1c(C)ccn(CCn2cc(C)cn2)c1=O. The zero-order valence-electron chi connectivity index (χ0n) is 18.1. The zero-order valence-corrected chi connectivity index (χ0v) is 18.9.